The van der Waals surface area contributed by atoms with Gasteiger partial charge in [0.25, 0.3) is 0 Å². The normalized spacial score (nSPS) is 17.7. The van der Waals surface area contributed by atoms with Gasteiger partial charge in [0.1, 0.15) is 5.82 Å². The van der Waals surface area contributed by atoms with Gasteiger partial charge in [0.15, 0.2) is 0 Å². The molecule has 0 aliphatic carbocycles. The van der Waals surface area contributed by atoms with E-state index >= 15 is 0 Å². The predicted octanol–water partition coefficient (Wildman–Crippen LogP) is 1.02. The molecule has 1 aliphatic heterocycles. The van der Waals surface area contributed by atoms with Gasteiger partial charge in [-0.3, -0.25) is 0 Å². The Morgan fingerprint density at radius 3 is 2.75 bits per heavy atom. The molecule has 0 saturated carbocycles. The molecule has 1 N–H and O–H groups in total. The summed E-state index contributed by atoms with van der Waals surface area (Å²) in [5.41, 5.74) is 0. The lowest BCUT2D eigenvalue weighted by atomic mass is 10.3. The van der Waals surface area contributed by atoms with E-state index in [2.05, 4.69) is 44.8 Å². The molecule has 5 nitrogen and oxygen atoms in total. The molecule has 1 aliphatic rings. The number of hydrogen-bond donors (Lipinski definition) is 1. The monoisotopic (exact) mass is 279 g/mol. The molecular formula is C15H29N5. The molecule has 0 unspecified atom stereocenters. The van der Waals surface area contributed by atoms with Gasteiger partial charge in [-0.25, -0.2) is 4.98 Å². The van der Waals surface area contributed by atoms with Crippen LogP contribution in [0.5, 0.6) is 0 Å². The summed E-state index contributed by atoms with van der Waals surface area (Å²) in [7, 11) is 2.21. The Labute approximate surface area is 123 Å². The van der Waals surface area contributed by atoms with E-state index in [4.69, 9.17) is 0 Å². The number of nitrogens with one attached hydrogen (secondary N) is 1. The standard InChI is InChI=1S/C15H29N5/c1-3-7-20-9-6-17-15(20)14-16-5-4-8-19-12-10-18(2)11-13-19/h6,9,16H,3-5,7-8,10-14H2,1-2H3. The Hall–Kier alpha value is -0.910. The highest BCUT2D eigenvalue weighted by molar-refractivity contribution is 4.91. The maximum Gasteiger partial charge on any atom is 0.122 e. The van der Waals surface area contributed by atoms with Crippen LogP contribution in [0.4, 0.5) is 0 Å². The van der Waals surface area contributed by atoms with Gasteiger partial charge < -0.3 is 19.7 Å². The third kappa shape index (κ3) is 4.89. The van der Waals surface area contributed by atoms with Gasteiger partial charge in [0, 0.05) is 45.1 Å². The summed E-state index contributed by atoms with van der Waals surface area (Å²) in [5.74, 6) is 1.16. The maximum atomic E-state index is 4.42. The van der Waals surface area contributed by atoms with Crippen LogP contribution in [0.2, 0.25) is 0 Å². The molecule has 0 amide bonds. The molecule has 0 atom stereocenters. The van der Waals surface area contributed by atoms with E-state index in [-0.39, 0.29) is 0 Å². The average molecular weight is 279 g/mol. The quantitative estimate of drug-likeness (QED) is 0.721. The van der Waals surface area contributed by atoms with Gasteiger partial charge in [0.05, 0.1) is 6.54 Å². The third-order valence-corrected chi connectivity index (χ3v) is 3.97. The molecule has 20 heavy (non-hydrogen) atoms. The fraction of sp³-hybridized carbons (Fsp3) is 0.800. The zero-order valence-corrected chi connectivity index (χ0v) is 13.0. The minimum atomic E-state index is 0.885. The van der Waals surface area contributed by atoms with E-state index in [1.54, 1.807) is 0 Å². The summed E-state index contributed by atoms with van der Waals surface area (Å²) in [6.07, 6.45) is 6.35. The number of imidazole rings is 1. The summed E-state index contributed by atoms with van der Waals surface area (Å²) in [6, 6.07) is 0. The lowest BCUT2D eigenvalue weighted by Gasteiger charge is -2.32. The highest BCUT2D eigenvalue weighted by atomic mass is 15.2. The number of nitrogens with zero attached hydrogens (tertiary/aromatic N) is 4. The molecule has 114 valence electrons. The summed E-state index contributed by atoms with van der Waals surface area (Å²) in [4.78, 5) is 9.39. The lowest BCUT2D eigenvalue weighted by Crippen LogP contribution is -2.45. The summed E-state index contributed by atoms with van der Waals surface area (Å²) >= 11 is 0. The predicted molar refractivity (Wildman–Crippen MR) is 82.8 cm³/mol. The Morgan fingerprint density at radius 2 is 2.00 bits per heavy atom. The fourth-order valence-electron chi connectivity index (χ4n) is 2.65. The Morgan fingerprint density at radius 1 is 1.20 bits per heavy atom. The molecular weight excluding hydrogens is 250 g/mol. The van der Waals surface area contributed by atoms with Gasteiger partial charge in [0.2, 0.25) is 0 Å². The van der Waals surface area contributed by atoms with Gasteiger partial charge in [-0.15, -0.1) is 0 Å². The van der Waals surface area contributed by atoms with E-state index in [1.807, 2.05) is 6.20 Å². The number of rotatable bonds is 8. The van der Waals surface area contributed by atoms with E-state index < -0.39 is 0 Å². The van der Waals surface area contributed by atoms with E-state index in [9.17, 15) is 0 Å². The van der Waals surface area contributed by atoms with Gasteiger partial charge in [-0.1, -0.05) is 6.92 Å². The molecule has 1 aromatic rings. The van der Waals surface area contributed by atoms with Crippen molar-refractivity contribution in [1.82, 2.24) is 24.7 Å². The van der Waals surface area contributed by atoms with Crippen molar-refractivity contribution in [2.24, 2.45) is 0 Å². The van der Waals surface area contributed by atoms with E-state index in [0.29, 0.717) is 0 Å². The zero-order valence-electron chi connectivity index (χ0n) is 13.0. The maximum absolute atomic E-state index is 4.42. The molecule has 1 saturated heterocycles. The molecule has 2 rings (SSSR count). The highest BCUT2D eigenvalue weighted by Crippen LogP contribution is 2.01. The van der Waals surface area contributed by atoms with Crippen LogP contribution in [-0.2, 0) is 13.1 Å². The van der Waals surface area contributed by atoms with Crippen LogP contribution in [0.3, 0.4) is 0 Å². The number of aromatic nitrogens is 2. The first kappa shape index (κ1) is 15.5. The van der Waals surface area contributed by atoms with Crippen LogP contribution < -0.4 is 5.32 Å². The second-order valence-electron chi connectivity index (χ2n) is 5.71. The Kier molecular flexibility index (Phi) is 6.50. The molecule has 5 heteroatoms. The van der Waals surface area contributed by atoms with Crippen LogP contribution in [0, 0.1) is 0 Å². The largest absolute Gasteiger partial charge is 0.334 e. The van der Waals surface area contributed by atoms with Crippen molar-refractivity contribution in [3.63, 3.8) is 0 Å². The summed E-state index contributed by atoms with van der Waals surface area (Å²) in [5, 5.41) is 3.51. The zero-order chi connectivity index (χ0) is 14.2. The van der Waals surface area contributed by atoms with Crippen molar-refractivity contribution in [3.8, 4) is 0 Å². The van der Waals surface area contributed by atoms with Crippen molar-refractivity contribution >= 4 is 0 Å². The lowest BCUT2D eigenvalue weighted by molar-refractivity contribution is 0.152. The Balaban J connectivity index is 1.56. The van der Waals surface area contributed by atoms with E-state index in [1.165, 1.54) is 39.1 Å². The minimum Gasteiger partial charge on any atom is -0.334 e. The minimum absolute atomic E-state index is 0.885. The summed E-state index contributed by atoms with van der Waals surface area (Å²) in [6.45, 7) is 11.3. The van der Waals surface area contributed by atoms with Crippen molar-refractivity contribution in [2.45, 2.75) is 32.9 Å². The topological polar surface area (TPSA) is 36.3 Å². The number of aryl methyl sites for hydroxylation is 1. The second kappa shape index (κ2) is 8.39. The first-order valence-electron chi connectivity index (χ1n) is 7.91. The second-order valence-corrected chi connectivity index (χ2v) is 5.71. The van der Waals surface area contributed by atoms with Gasteiger partial charge in [-0.2, -0.15) is 0 Å². The van der Waals surface area contributed by atoms with Crippen molar-refractivity contribution in [2.75, 3.05) is 46.3 Å². The average Bonchev–Trinajstić information content (AvgIpc) is 2.88. The van der Waals surface area contributed by atoms with Crippen molar-refractivity contribution in [3.05, 3.63) is 18.2 Å². The Bertz CT molecular complexity index is 368. The fourth-order valence-corrected chi connectivity index (χ4v) is 2.65. The highest BCUT2D eigenvalue weighted by Gasteiger charge is 2.12. The van der Waals surface area contributed by atoms with Crippen LogP contribution in [0.15, 0.2) is 12.4 Å². The van der Waals surface area contributed by atoms with E-state index in [0.717, 1.165) is 31.9 Å². The number of likely N-dealkylation sites (N-methyl/N-ethyl adjacent to an activating group) is 1. The van der Waals surface area contributed by atoms with Gasteiger partial charge >= 0.3 is 0 Å². The molecule has 0 bridgehead atoms. The van der Waals surface area contributed by atoms with Crippen molar-refractivity contribution < 1.29 is 0 Å². The number of piperazine rings is 1. The molecule has 0 spiro atoms. The third-order valence-electron chi connectivity index (χ3n) is 3.97. The summed E-state index contributed by atoms with van der Waals surface area (Å²) < 4.78 is 2.24. The van der Waals surface area contributed by atoms with Crippen molar-refractivity contribution in [1.29, 1.82) is 0 Å². The number of hydrogen-bond acceptors (Lipinski definition) is 4. The molecule has 0 radical (unpaired) electrons. The van der Waals surface area contributed by atoms with Crippen LogP contribution in [0.1, 0.15) is 25.6 Å². The first-order valence-corrected chi connectivity index (χ1v) is 7.91. The van der Waals surface area contributed by atoms with Crippen LogP contribution in [0.25, 0.3) is 0 Å². The molecule has 0 aromatic carbocycles. The smallest absolute Gasteiger partial charge is 0.122 e. The van der Waals surface area contributed by atoms with Crippen LogP contribution in [-0.4, -0.2) is 65.7 Å². The van der Waals surface area contributed by atoms with Crippen LogP contribution >= 0.6 is 0 Å². The first-order chi connectivity index (χ1) is 9.79. The van der Waals surface area contributed by atoms with Gasteiger partial charge in [-0.05, 0) is 33.0 Å². The molecule has 1 aromatic heterocycles. The molecule has 1 fully saturated rings. The SMILES string of the molecule is CCCn1ccnc1CNCCCN1CCN(C)CC1. The molecule has 2 heterocycles.